The maximum absolute atomic E-state index is 13.3. The highest BCUT2D eigenvalue weighted by Crippen LogP contribution is 2.42. The highest BCUT2D eigenvalue weighted by atomic mass is 16.5. The Labute approximate surface area is 166 Å². The third kappa shape index (κ3) is 2.86. The van der Waals surface area contributed by atoms with Crippen molar-refractivity contribution in [2.75, 3.05) is 13.2 Å². The minimum Gasteiger partial charge on any atom is -0.464 e. The molecule has 0 bridgehead atoms. The number of Topliss-reactive ketones (excluding diaryl/α,β-unsaturated/α-hetero) is 1. The van der Waals surface area contributed by atoms with Gasteiger partial charge in [0.15, 0.2) is 5.78 Å². The number of carbonyl (C=O) groups excluding carboxylic acids is 1. The van der Waals surface area contributed by atoms with Gasteiger partial charge in [0.1, 0.15) is 17.1 Å². The number of carboxylic acid groups (broad SMARTS) is 1. The van der Waals surface area contributed by atoms with Crippen molar-refractivity contribution in [1.82, 2.24) is 14.7 Å². The molecule has 0 radical (unpaired) electrons. The standard InChI is InChI=1S/C21H21N3O5/c1-10-17(11(2)29-23-10)14-7-15(19(25)13-5-6-28-9-13)18-16(8-14)24(21(26)27)20(22-18)12-3-4-12/h7-8,12-13H,3-6,9H2,1-2H3,(H,26,27). The number of nitrogens with zero attached hydrogens (tertiary/aromatic N) is 3. The van der Waals surface area contributed by atoms with Crippen LogP contribution in [0.4, 0.5) is 4.79 Å². The van der Waals surface area contributed by atoms with Crippen LogP contribution in [-0.4, -0.2) is 44.9 Å². The van der Waals surface area contributed by atoms with Crippen LogP contribution in [0.15, 0.2) is 16.7 Å². The minimum atomic E-state index is -1.09. The van der Waals surface area contributed by atoms with Gasteiger partial charge in [0.2, 0.25) is 0 Å². The molecule has 0 spiro atoms. The number of carbonyl (C=O) groups is 2. The molecule has 2 aromatic heterocycles. The van der Waals surface area contributed by atoms with Crippen LogP contribution in [0.1, 0.15) is 52.8 Å². The summed E-state index contributed by atoms with van der Waals surface area (Å²) in [6, 6.07) is 3.57. The molecule has 1 N–H and O–H groups in total. The van der Waals surface area contributed by atoms with E-state index < -0.39 is 6.09 Å². The van der Waals surface area contributed by atoms with Gasteiger partial charge in [-0.05, 0) is 50.8 Å². The molecule has 3 aromatic rings. The Hall–Kier alpha value is -3.00. The topological polar surface area (TPSA) is 107 Å². The molecule has 150 valence electrons. The lowest BCUT2D eigenvalue weighted by Gasteiger charge is -2.10. The van der Waals surface area contributed by atoms with Crippen molar-refractivity contribution in [2.45, 2.75) is 39.0 Å². The summed E-state index contributed by atoms with van der Waals surface area (Å²) in [5.41, 5.74) is 3.49. The van der Waals surface area contributed by atoms with Gasteiger partial charge in [-0.15, -0.1) is 0 Å². The number of benzene rings is 1. The first-order valence-corrected chi connectivity index (χ1v) is 9.80. The summed E-state index contributed by atoms with van der Waals surface area (Å²) in [5.74, 6) is 0.961. The zero-order valence-electron chi connectivity index (χ0n) is 16.3. The Kier molecular flexibility index (Phi) is 4.06. The number of rotatable bonds is 4. The number of fused-ring (bicyclic) bond motifs is 1. The van der Waals surface area contributed by atoms with Gasteiger partial charge in [-0.3, -0.25) is 4.79 Å². The Morgan fingerprint density at radius 1 is 1.21 bits per heavy atom. The highest BCUT2D eigenvalue weighted by molar-refractivity contribution is 6.10. The van der Waals surface area contributed by atoms with Crippen LogP contribution in [0, 0.1) is 19.8 Å². The second-order valence-electron chi connectivity index (χ2n) is 7.88. The van der Waals surface area contributed by atoms with Crippen LogP contribution < -0.4 is 0 Å². The third-order valence-electron chi connectivity index (χ3n) is 5.81. The summed E-state index contributed by atoms with van der Waals surface area (Å²) < 4.78 is 11.9. The van der Waals surface area contributed by atoms with Crippen LogP contribution in [0.25, 0.3) is 22.2 Å². The van der Waals surface area contributed by atoms with E-state index in [-0.39, 0.29) is 17.6 Å². The maximum atomic E-state index is 13.3. The third-order valence-corrected chi connectivity index (χ3v) is 5.81. The van der Waals surface area contributed by atoms with E-state index in [9.17, 15) is 14.7 Å². The lowest BCUT2D eigenvalue weighted by molar-refractivity contribution is 0.0901. The van der Waals surface area contributed by atoms with E-state index in [1.807, 2.05) is 6.92 Å². The second kappa shape index (κ2) is 6.52. The lowest BCUT2D eigenvalue weighted by Crippen LogP contribution is -2.15. The first-order chi connectivity index (χ1) is 14.0. The molecule has 5 rings (SSSR count). The molecule has 3 heterocycles. The van der Waals surface area contributed by atoms with Crippen LogP contribution >= 0.6 is 0 Å². The average molecular weight is 395 g/mol. The van der Waals surface area contributed by atoms with Crippen molar-refractivity contribution in [3.8, 4) is 11.1 Å². The first kappa shape index (κ1) is 18.1. The molecular formula is C21H21N3O5. The predicted molar refractivity (Wildman–Crippen MR) is 103 cm³/mol. The molecule has 1 atom stereocenters. The smallest absolute Gasteiger partial charge is 0.417 e. The quantitative estimate of drug-likeness (QED) is 0.667. The molecular weight excluding hydrogens is 374 g/mol. The zero-order chi connectivity index (χ0) is 20.3. The van der Waals surface area contributed by atoms with Crippen molar-refractivity contribution < 1.29 is 24.0 Å². The second-order valence-corrected chi connectivity index (χ2v) is 7.88. The van der Waals surface area contributed by atoms with Gasteiger partial charge in [-0.25, -0.2) is 14.3 Å². The van der Waals surface area contributed by atoms with E-state index in [1.165, 1.54) is 4.57 Å². The van der Waals surface area contributed by atoms with Gasteiger partial charge in [0.25, 0.3) is 0 Å². The van der Waals surface area contributed by atoms with E-state index in [4.69, 9.17) is 9.26 Å². The first-order valence-electron chi connectivity index (χ1n) is 9.80. The summed E-state index contributed by atoms with van der Waals surface area (Å²) in [7, 11) is 0. The number of hydrogen-bond donors (Lipinski definition) is 1. The Balaban J connectivity index is 1.80. The Morgan fingerprint density at radius 2 is 2.00 bits per heavy atom. The molecule has 0 amide bonds. The van der Waals surface area contributed by atoms with Crippen LogP contribution in [0.5, 0.6) is 0 Å². The number of ketones is 1. The highest BCUT2D eigenvalue weighted by Gasteiger charge is 2.34. The van der Waals surface area contributed by atoms with Crippen LogP contribution in [0.2, 0.25) is 0 Å². The summed E-state index contributed by atoms with van der Waals surface area (Å²) >= 11 is 0. The Morgan fingerprint density at radius 3 is 2.59 bits per heavy atom. The van der Waals surface area contributed by atoms with Gasteiger partial charge in [0.05, 0.1) is 17.8 Å². The van der Waals surface area contributed by atoms with Crippen molar-refractivity contribution in [3.05, 3.63) is 35.0 Å². The average Bonchev–Trinajstić information content (AvgIpc) is 3.10. The van der Waals surface area contributed by atoms with Gasteiger partial charge in [-0.2, -0.15) is 0 Å². The lowest BCUT2D eigenvalue weighted by atomic mass is 9.92. The largest absolute Gasteiger partial charge is 0.464 e. The summed E-state index contributed by atoms with van der Waals surface area (Å²) in [6.45, 7) is 4.56. The molecule has 1 saturated carbocycles. The molecule has 1 aliphatic carbocycles. The van der Waals surface area contributed by atoms with E-state index in [1.54, 1.807) is 19.1 Å². The fraction of sp³-hybridized carbons (Fsp3) is 0.429. The SMILES string of the molecule is Cc1noc(C)c1-c1cc(C(=O)C2CCOC2)c2nc(C3CC3)n(C(=O)O)c2c1. The van der Waals surface area contributed by atoms with E-state index >= 15 is 0 Å². The van der Waals surface area contributed by atoms with Crippen LogP contribution in [-0.2, 0) is 4.74 Å². The molecule has 1 saturated heterocycles. The van der Waals surface area contributed by atoms with Crippen molar-refractivity contribution >= 4 is 22.9 Å². The van der Waals surface area contributed by atoms with Crippen molar-refractivity contribution in [2.24, 2.45) is 5.92 Å². The van der Waals surface area contributed by atoms with Gasteiger partial charge in [0, 0.05) is 29.6 Å². The fourth-order valence-corrected chi connectivity index (χ4v) is 4.20. The normalized spacial score (nSPS) is 19.2. The number of aryl methyl sites for hydroxylation is 2. The number of aromatic nitrogens is 3. The number of ether oxygens (including phenoxy) is 1. The summed E-state index contributed by atoms with van der Waals surface area (Å²) in [5, 5.41) is 13.9. The monoisotopic (exact) mass is 395 g/mol. The maximum Gasteiger partial charge on any atom is 0.417 e. The van der Waals surface area contributed by atoms with Crippen molar-refractivity contribution in [1.29, 1.82) is 0 Å². The number of hydrogen-bond acceptors (Lipinski definition) is 6. The summed E-state index contributed by atoms with van der Waals surface area (Å²) in [4.78, 5) is 30.0. The number of imidazole rings is 1. The fourth-order valence-electron chi connectivity index (χ4n) is 4.20. The Bertz CT molecular complexity index is 1130. The summed E-state index contributed by atoms with van der Waals surface area (Å²) in [6.07, 6.45) is 1.39. The van der Waals surface area contributed by atoms with Gasteiger partial charge >= 0.3 is 6.09 Å². The molecule has 29 heavy (non-hydrogen) atoms. The van der Waals surface area contributed by atoms with E-state index in [0.717, 1.165) is 18.4 Å². The minimum absolute atomic E-state index is 0.0569. The van der Waals surface area contributed by atoms with Gasteiger partial charge < -0.3 is 14.4 Å². The van der Waals surface area contributed by atoms with Gasteiger partial charge in [-0.1, -0.05) is 5.16 Å². The molecule has 1 unspecified atom stereocenters. The van der Waals surface area contributed by atoms with Crippen LogP contribution in [0.3, 0.4) is 0 Å². The zero-order valence-corrected chi connectivity index (χ0v) is 16.3. The molecule has 1 aliphatic heterocycles. The molecule has 8 nitrogen and oxygen atoms in total. The van der Waals surface area contributed by atoms with Crippen molar-refractivity contribution in [3.63, 3.8) is 0 Å². The van der Waals surface area contributed by atoms with E-state index in [0.29, 0.717) is 59.1 Å². The molecule has 2 fully saturated rings. The van der Waals surface area contributed by atoms with E-state index in [2.05, 4.69) is 10.1 Å². The predicted octanol–water partition coefficient (Wildman–Crippen LogP) is 3.93. The molecule has 8 heteroatoms. The molecule has 1 aromatic carbocycles. The molecule has 2 aliphatic rings.